The molecule has 3 heteroatoms. The van der Waals surface area contributed by atoms with Gasteiger partial charge in [0.05, 0.1) is 0 Å². The molecule has 0 aromatic heterocycles. The standard InChI is InChI=1S/C19H28O3/c1-2-3-6-9-16-12-14-17(15-13-16)18(20)10-7-4-5-8-11-19(21)22/h12-15H,2-11H2,1H3,(H,21,22). The summed E-state index contributed by atoms with van der Waals surface area (Å²) in [7, 11) is 0. The van der Waals surface area contributed by atoms with E-state index in [1.807, 2.05) is 12.1 Å². The molecule has 122 valence electrons. The summed E-state index contributed by atoms with van der Waals surface area (Å²) in [6, 6.07) is 8.01. The van der Waals surface area contributed by atoms with Crippen LogP contribution >= 0.6 is 0 Å². The number of carboxylic acids is 1. The average Bonchev–Trinajstić information content (AvgIpc) is 2.51. The van der Waals surface area contributed by atoms with Crippen molar-refractivity contribution in [1.29, 1.82) is 0 Å². The lowest BCUT2D eigenvalue weighted by atomic mass is 10.0. The first-order chi connectivity index (χ1) is 10.6. The second kappa shape index (κ2) is 11.0. The normalized spacial score (nSPS) is 10.6. The fourth-order valence-corrected chi connectivity index (χ4v) is 2.50. The Morgan fingerprint density at radius 2 is 1.50 bits per heavy atom. The van der Waals surface area contributed by atoms with E-state index in [4.69, 9.17) is 5.11 Å². The van der Waals surface area contributed by atoms with Crippen molar-refractivity contribution in [3.05, 3.63) is 35.4 Å². The number of carboxylic acid groups (broad SMARTS) is 1. The predicted octanol–water partition coefficient (Wildman–Crippen LogP) is 5.03. The molecule has 0 saturated heterocycles. The zero-order chi connectivity index (χ0) is 16.2. The zero-order valence-corrected chi connectivity index (χ0v) is 13.6. The summed E-state index contributed by atoms with van der Waals surface area (Å²) in [6.07, 6.45) is 8.92. The summed E-state index contributed by atoms with van der Waals surface area (Å²) in [5.74, 6) is -0.548. The molecule has 1 aromatic rings. The fourth-order valence-electron chi connectivity index (χ4n) is 2.50. The van der Waals surface area contributed by atoms with Crippen molar-refractivity contribution in [1.82, 2.24) is 0 Å². The summed E-state index contributed by atoms with van der Waals surface area (Å²) in [4.78, 5) is 22.4. The van der Waals surface area contributed by atoms with Crippen LogP contribution in [0.4, 0.5) is 0 Å². The van der Waals surface area contributed by atoms with E-state index in [0.29, 0.717) is 12.8 Å². The molecule has 0 amide bonds. The topological polar surface area (TPSA) is 54.4 Å². The van der Waals surface area contributed by atoms with Gasteiger partial charge in [-0.15, -0.1) is 0 Å². The minimum Gasteiger partial charge on any atom is -0.481 e. The van der Waals surface area contributed by atoms with E-state index in [1.54, 1.807) is 0 Å². The summed E-state index contributed by atoms with van der Waals surface area (Å²) >= 11 is 0. The van der Waals surface area contributed by atoms with E-state index in [-0.39, 0.29) is 12.2 Å². The van der Waals surface area contributed by atoms with E-state index in [9.17, 15) is 9.59 Å². The first-order valence-corrected chi connectivity index (χ1v) is 8.47. The summed E-state index contributed by atoms with van der Waals surface area (Å²) in [5.41, 5.74) is 2.10. The van der Waals surface area contributed by atoms with E-state index >= 15 is 0 Å². The molecule has 0 unspecified atom stereocenters. The average molecular weight is 304 g/mol. The van der Waals surface area contributed by atoms with Crippen LogP contribution in [0, 0.1) is 0 Å². The van der Waals surface area contributed by atoms with Crippen molar-refractivity contribution in [3.63, 3.8) is 0 Å². The maximum atomic E-state index is 12.1. The van der Waals surface area contributed by atoms with E-state index < -0.39 is 5.97 Å². The molecular weight excluding hydrogens is 276 g/mol. The van der Waals surface area contributed by atoms with Crippen molar-refractivity contribution < 1.29 is 14.7 Å². The maximum Gasteiger partial charge on any atom is 0.303 e. The van der Waals surface area contributed by atoms with Crippen molar-refractivity contribution in [2.24, 2.45) is 0 Å². The number of Topliss-reactive ketones (excluding diaryl/α,β-unsaturated/α-hetero) is 1. The van der Waals surface area contributed by atoms with Gasteiger partial charge < -0.3 is 5.11 Å². The van der Waals surface area contributed by atoms with Crippen LogP contribution in [0.25, 0.3) is 0 Å². The highest BCUT2D eigenvalue weighted by Crippen LogP contribution is 2.13. The third-order valence-corrected chi connectivity index (χ3v) is 3.89. The Bertz CT molecular complexity index is 448. The van der Waals surface area contributed by atoms with Gasteiger partial charge in [-0.2, -0.15) is 0 Å². The van der Waals surface area contributed by atoms with Crippen LogP contribution in [0.2, 0.25) is 0 Å². The Labute approximate surface area is 133 Å². The molecule has 0 radical (unpaired) electrons. The van der Waals surface area contributed by atoms with Crippen molar-refractivity contribution in [2.75, 3.05) is 0 Å². The number of aliphatic carboxylic acids is 1. The lowest BCUT2D eigenvalue weighted by molar-refractivity contribution is -0.137. The highest BCUT2D eigenvalue weighted by Gasteiger charge is 2.06. The molecule has 1 aromatic carbocycles. The number of aryl methyl sites for hydroxylation is 1. The monoisotopic (exact) mass is 304 g/mol. The molecule has 0 bridgehead atoms. The van der Waals surface area contributed by atoms with Crippen LogP contribution in [-0.4, -0.2) is 16.9 Å². The van der Waals surface area contributed by atoms with Gasteiger partial charge in [-0.3, -0.25) is 9.59 Å². The van der Waals surface area contributed by atoms with Gasteiger partial charge in [-0.25, -0.2) is 0 Å². The highest BCUT2D eigenvalue weighted by atomic mass is 16.4. The molecule has 1 rings (SSSR count). The van der Waals surface area contributed by atoms with Gasteiger partial charge in [0.15, 0.2) is 5.78 Å². The molecule has 0 aliphatic carbocycles. The van der Waals surface area contributed by atoms with Crippen molar-refractivity contribution >= 4 is 11.8 Å². The quantitative estimate of drug-likeness (QED) is 0.435. The summed E-state index contributed by atoms with van der Waals surface area (Å²) in [6.45, 7) is 2.20. The number of carbonyl (C=O) groups is 2. The molecule has 22 heavy (non-hydrogen) atoms. The van der Waals surface area contributed by atoms with E-state index in [2.05, 4.69) is 19.1 Å². The molecule has 0 fully saturated rings. The molecule has 0 spiro atoms. The number of hydrogen-bond donors (Lipinski definition) is 1. The molecule has 0 aliphatic heterocycles. The van der Waals surface area contributed by atoms with Crippen molar-refractivity contribution in [3.8, 4) is 0 Å². The van der Waals surface area contributed by atoms with Crippen LogP contribution in [0.15, 0.2) is 24.3 Å². The largest absolute Gasteiger partial charge is 0.481 e. The van der Waals surface area contributed by atoms with Gasteiger partial charge in [0.1, 0.15) is 0 Å². The maximum absolute atomic E-state index is 12.1. The number of carbonyl (C=O) groups excluding carboxylic acids is 1. The Balaban J connectivity index is 2.23. The molecule has 0 saturated carbocycles. The molecular formula is C19H28O3. The van der Waals surface area contributed by atoms with E-state index in [0.717, 1.165) is 31.2 Å². The molecule has 0 atom stereocenters. The number of ketones is 1. The Hall–Kier alpha value is -1.64. The Kier molecular flexibility index (Phi) is 9.20. The second-order valence-corrected chi connectivity index (χ2v) is 5.89. The summed E-state index contributed by atoms with van der Waals surface area (Å²) < 4.78 is 0. The number of hydrogen-bond acceptors (Lipinski definition) is 2. The van der Waals surface area contributed by atoms with Gasteiger partial charge in [-0.05, 0) is 31.2 Å². The third kappa shape index (κ3) is 7.96. The molecule has 0 heterocycles. The third-order valence-electron chi connectivity index (χ3n) is 3.89. The number of rotatable bonds is 12. The lowest BCUT2D eigenvalue weighted by Crippen LogP contribution is -1.99. The van der Waals surface area contributed by atoms with Crippen LogP contribution in [0.1, 0.15) is 80.6 Å². The van der Waals surface area contributed by atoms with Crippen LogP contribution in [0.5, 0.6) is 0 Å². The summed E-state index contributed by atoms with van der Waals surface area (Å²) in [5, 5.41) is 8.54. The van der Waals surface area contributed by atoms with E-state index in [1.165, 1.54) is 24.8 Å². The smallest absolute Gasteiger partial charge is 0.303 e. The van der Waals surface area contributed by atoms with Gasteiger partial charge in [-0.1, -0.05) is 56.9 Å². The zero-order valence-electron chi connectivity index (χ0n) is 13.6. The Morgan fingerprint density at radius 1 is 0.864 bits per heavy atom. The molecule has 1 N–H and O–H groups in total. The van der Waals surface area contributed by atoms with Crippen molar-refractivity contribution in [2.45, 2.75) is 71.1 Å². The SMILES string of the molecule is CCCCCc1ccc(C(=O)CCCCCCC(=O)O)cc1. The minimum absolute atomic E-state index is 0.193. The van der Waals surface area contributed by atoms with Crippen LogP contribution in [-0.2, 0) is 11.2 Å². The van der Waals surface area contributed by atoms with Gasteiger partial charge in [0, 0.05) is 18.4 Å². The first-order valence-electron chi connectivity index (χ1n) is 8.47. The predicted molar refractivity (Wildman–Crippen MR) is 89.3 cm³/mol. The first kappa shape index (κ1) is 18.4. The lowest BCUT2D eigenvalue weighted by Gasteiger charge is -2.04. The van der Waals surface area contributed by atoms with Crippen LogP contribution in [0.3, 0.4) is 0 Å². The van der Waals surface area contributed by atoms with Gasteiger partial charge in [0.25, 0.3) is 0 Å². The van der Waals surface area contributed by atoms with Crippen LogP contribution < -0.4 is 0 Å². The van der Waals surface area contributed by atoms with Gasteiger partial charge in [0.2, 0.25) is 0 Å². The second-order valence-electron chi connectivity index (χ2n) is 5.89. The highest BCUT2D eigenvalue weighted by molar-refractivity contribution is 5.96. The number of benzene rings is 1. The molecule has 0 aliphatic rings. The minimum atomic E-state index is -0.741. The fraction of sp³-hybridized carbons (Fsp3) is 0.579. The molecule has 3 nitrogen and oxygen atoms in total. The Morgan fingerprint density at radius 3 is 2.09 bits per heavy atom. The van der Waals surface area contributed by atoms with Gasteiger partial charge >= 0.3 is 5.97 Å². The number of unbranched alkanes of at least 4 members (excludes halogenated alkanes) is 5.